The summed E-state index contributed by atoms with van der Waals surface area (Å²) in [5.41, 5.74) is 5.62. The molecule has 3 N–H and O–H groups in total. The summed E-state index contributed by atoms with van der Waals surface area (Å²) in [5.74, 6) is 5.69. The van der Waals surface area contributed by atoms with E-state index in [1.165, 1.54) is 16.6 Å². The van der Waals surface area contributed by atoms with Crippen molar-refractivity contribution >= 4 is 27.6 Å². The van der Waals surface area contributed by atoms with Gasteiger partial charge in [0.05, 0.1) is 0 Å². The molecular weight excluding hydrogens is 346 g/mol. The van der Waals surface area contributed by atoms with Gasteiger partial charge in [-0.05, 0) is 41.3 Å². The fourth-order valence-corrected chi connectivity index (χ4v) is 3.68. The number of rotatable bonds is 4. The maximum Gasteiger partial charge on any atom is 0.176 e. The Bertz CT molecular complexity index is 1180. The van der Waals surface area contributed by atoms with E-state index in [9.17, 15) is 0 Å². The third kappa shape index (κ3) is 3.16. The topological polar surface area (TPSA) is 79.5 Å². The molecule has 28 heavy (non-hydrogen) atoms. The Kier molecular flexibility index (Phi) is 4.65. The highest BCUT2D eigenvalue weighted by Gasteiger charge is 2.13. The molecule has 0 unspecified atom stereocenters. The lowest BCUT2D eigenvalue weighted by Crippen LogP contribution is -2.00. The Morgan fingerprint density at radius 2 is 1.68 bits per heavy atom. The van der Waals surface area contributed by atoms with Gasteiger partial charge in [0.1, 0.15) is 0 Å². The highest BCUT2D eigenvalue weighted by molar-refractivity contribution is 6.11. The molecule has 0 saturated carbocycles. The second kappa shape index (κ2) is 7.27. The van der Waals surface area contributed by atoms with Crippen LogP contribution in [-0.4, -0.2) is 10.4 Å². The number of nitrogens with two attached hydrogens (primary N) is 1. The van der Waals surface area contributed by atoms with Gasteiger partial charge in [-0.15, -0.1) is 5.11 Å². The molecule has 0 aliphatic heterocycles. The predicted molar refractivity (Wildman–Crippen MR) is 115 cm³/mol. The summed E-state index contributed by atoms with van der Waals surface area (Å²) in [7, 11) is 0. The largest absolute Gasteiger partial charge is 0.336 e. The van der Waals surface area contributed by atoms with Crippen molar-refractivity contribution in [1.29, 1.82) is 5.41 Å². The van der Waals surface area contributed by atoms with E-state index in [1.807, 2.05) is 24.3 Å². The van der Waals surface area contributed by atoms with Crippen molar-refractivity contribution in [3.05, 3.63) is 83.4 Å². The average Bonchev–Trinajstić information content (AvgIpc) is 3.02. The van der Waals surface area contributed by atoms with Gasteiger partial charge in [-0.25, -0.2) is 0 Å². The number of amidine groups is 1. The maximum absolute atomic E-state index is 8.01. The second-order valence-electron chi connectivity index (χ2n) is 7.30. The van der Waals surface area contributed by atoms with E-state index in [1.54, 1.807) is 0 Å². The van der Waals surface area contributed by atoms with Gasteiger partial charge in [-0.3, -0.25) is 5.41 Å². The Labute approximate surface area is 164 Å². The van der Waals surface area contributed by atoms with Gasteiger partial charge in [0.15, 0.2) is 5.84 Å². The summed E-state index contributed by atoms with van der Waals surface area (Å²) in [5, 5.41) is 17.2. The molecule has 0 amide bonds. The smallest absolute Gasteiger partial charge is 0.176 e. The molecular formula is C23H23N5. The van der Waals surface area contributed by atoms with Crippen LogP contribution in [0.2, 0.25) is 0 Å². The number of nitrogens with one attached hydrogen (secondary N) is 1. The van der Waals surface area contributed by atoms with E-state index in [2.05, 4.69) is 71.2 Å². The summed E-state index contributed by atoms with van der Waals surface area (Å²) in [6.07, 6.45) is 0. The zero-order valence-corrected chi connectivity index (χ0v) is 16.1. The van der Waals surface area contributed by atoms with Crippen LogP contribution in [0, 0.1) is 5.41 Å². The van der Waals surface area contributed by atoms with E-state index in [0.717, 1.165) is 22.8 Å². The maximum atomic E-state index is 8.01. The Hall–Kier alpha value is -3.47. The summed E-state index contributed by atoms with van der Waals surface area (Å²) < 4.78 is 2.33. The highest BCUT2D eigenvalue weighted by Crippen LogP contribution is 2.31. The molecule has 4 rings (SSSR count). The molecule has 0 aliphatic rings. The van der Waals surface area contributed by atoms with Crippen molar-refractivity contribution in [1.82, 2.24) is 4.57 Å². The first-order valence-corrected chi connectivity index (χ1v) is 9.38. The number of hydrogen-bond acceptors (Lipinski definition) is 2. The van der Waals surface area contributed by atoms with Crippen molar-refractivity contribution in [2.24, 2.45) is 16.2 Å². The minimum absolute atomic E-state index is 0.0607. The quantitative estimate of drug-likeness (QED) is 0.158. The first-order chi connectivity index (χ1) is 13.6. The molecule has 0 spiro atoms. The Morgan fingerprint density at radius 3 is 2.39 bits per heavy atom. The summed E-state index contributed by atoms with van der Waals surface area (Å²) in [4.78, 5) is 0. The lowest BCUT2D eigenvalue weighted by molar-refractivity contribution is 0.849. The standard InChI is InChI=1S/C23H23N5/c1-15(2)17-9-7-16(8-10-17)14-28-21-6-4-3-5-19(21)20-13-18(11-12-22(20)28)23(24)26-27-25/h3-13,15H,14H2,1-2H3,(H3,24,25,26). The molecule has 0 aliphatic carbocycles. The molecule has 0 fully saturated rings. The number of hydrogen-bond donors (Lipinski definition) is 2. The number of nitrogens with zero attached hydrogens (tertiary/aromatic N) is 3. The van der Waals surface area contributed by atoms with Crippen LogP contribution in [0.25, 0.3) is 21.8 Å². The van der Waals surface area contributed by atoms with E-state index < -0.39 is 0 Å². The second-order valence-corrected chi connectivity index (χ2v) is 7.30. The fourth-order valence-electron chi connectivity index (χ4n) is 3.68. The molecule has 1 aromatic heterocycles. The van der Waals surface area contributed by atoms with Crippen LogP contribution in [0.3, 0.4) is 0 Å². The fraction of sp³-hybridized carbons (Fsp3) is 0.174. The molecule has 3 aromatic carbocycles. The minimum atomic E-state index is 0.0607. The van der Waals surface area contributed by atoms with Crippen molar-refractivity contribution in [2.75, 3.05) is 0 Å². The van der Waals surface area contributed by atoms with E-state index in [4.69, 9.17) is 11.3 Å². The van der Waals surface area contributed by atoms with Crippen LogP contribution in [0.5, 0.6) is 0 Å². The molecule has 140 valence electrons. The van der Waals surface area contributed by atoms with Crippen LogP contribution in [-0.2, 0) is 6.54 Å². The number of aromatic nitrogens is 1. The molecule has 5 nitrogen and oxygen atoms in total. The van der Waals surface area contributed by atoms with E-state index in [0.29, 0.717) is 11.5 Å². The normalized spacial score (nSPS) is 11.8. The third-order valence-corrected chi connectivity index (χ3v) is 5.19. The lowest BCUT2D eigenvalue weighted by Gasteiger charge is -2.10. The van der Waals surface area contributed by atoms with Gasteiger partial charge in [0.25, 0.3) is 0 Å². The van der Waals surface area contributed by atoms with Crippen LogP contribution < -0.4 is 5.84 Å². The van der Waals surface area contributed by atoms with E-state index >= 15 is 0 Å². The molecule has 0 atom stereocenters. The minimum Gasteiger partial charge on any atom is -0.336 e. The van der Waals surface area contributed by atoms with Crippen LogP contribution in [0.1, 0.15) is 36.5 Å². The summed E-state index contributed by atoms with van der Waals surface area (Å²) in [6.45, 7) is 5.21. The van der Waals surface area contributed by atoms with Crippen molar-refractivity contribution in [3.63, 3.8) is 0 Å². The zero-order chi connectivity index (χ0) is 19.7. The van der Waals surface area contributed by atoms with Crippen LogP contribution >= 0.6 is 0 Å². The molecule has 4 aromatic rings. The molecule has 0 bridgehead atoms. The predicted octanol–water partition coefficient (Wildman–Crippen LogP) is 5.62. The number of benzene rings is 3. The van der Waals surface area contributed by atoms with Crippen LogP contribution in [0.15, 0.2) is 77.1 Å². The number of fused-ring (bicyclic) bond motifs is 3. The van der Waals surface area contributed by atoms with Gasteiger partial charge in [0, 0.05) is 33.9 Å². The van der Waals surface area contributed by atoms with Crippen molar-refractivity contribution in [2.45, 2.75) is 26.3 Å². The average molecular weight is 369 g/mol. The molecule has 0 radical (unpaired) electrons. The zero-order valence-electron chi connectivity index (χ0n) is 16.1. The molecule has 5 heteroatoms. The van der Waals surface area contributed by atoms with Gasteiger partial charge in [-0.2, -0.15) is 0 Å². The highest BCUT2D eigenvalue weighted by atomic mass is 15.3. The first-order valence-electron chi connectivity index (χ1n) is 9.38. The monoisotopic (exact) mass is 369 g/mol. The van der Waals surface area contributed by atoms with Gasteiger partial charge >= 0.3 is 0 Å². The van der Waals surface area contributed by atoms with Gasteiger partial charge in [0.2, 0.25) is 0 Å². The summed E-state index contributed by atoms with van der Waals surface area (Å²) in [6, 6.07) is 23.2. The van der Waals surface area contributed by atoms with Gasteiger partial charge in [-0.1, -0.05) is 61.5 Å². The SMILES string of the molecule is CC(C)c1ccc(Cn2c3ccccc3c3cc(C(=N)N=NN)ccc32)cc1. The van der Waals surface area contributed by atoms with Gasteiger partial charge < -0.3 is 10.4 Å². The first kappa shape index (κ1) is 17.9. The Morgan fingerprint density at radius 1 is 0.964 bits per heavy atom. The summed E-state index contributed by atoms with van der Waals surface area (Å²) >= 11 is 0. The number of para-hydroxylation sites is 1. The lowest BCUT2D eigenvalue weighted by atomic mass is 10.0. The van der Waals surface area contributed by atoms with Crippen molar-refractivity contribution < 1.29 is 0 Å². The van der Waals surface area contributed by atoms with Crippen LogP contribution in [0.4, 0.5) is 0 Å². The molecule has 1 heterocycles. The van der Waals surface area contributed by atoms with Crippen molar-refractivity contribution in [3.8, 4) is 0 Å². The molecule has 0 saturated heterocycles. The third-order valence-electron chi connectivity index (χ3n) is 5.19. The van der Waals surface area contributed by atoms with E-state index in [-0.39, 0.29) is 5.84 Å². The Balaban J connectivity index is 1.83.